The first-order valence-electron chi connectivity index (χ1n) is 9.32. The first-order valence-corrected chi connectivity index (χ1v) is 9.32. The minimum Gasteiger partial charge on any atom is -0.376 e. The SMILES string of the molecule is O=C(NCCc1nc2cccnc2n1-c1ccccc1)NCC1CCCO1. The van der Waals surface area contributed by atoms with Crippen molar-refractivity contribution >= 4 is 17.2 Å². The number of nitrogens with one attached hydrogen (secondary N) is 2. The average Bonchev–Trinajstić information content (AvgIpc) is 3.34. The van der Waals surface area contributed by atoms with Crippen LogP contribution in [0.25, 0.3) is 16.9 Å². The predicted octanol–water partition coefficient (Wildman–Crippen LogP) is 2.44. The van der Waals surface area contributed by atoms with Gasteiger partial charge in [0.2, 0.25) is 0 Å². The molecule has 0 saturated carbocycles. The molecule has 0 radical (unpaired) electrons. The van der Waals surface area contributed by atoms with Crippen LogP contribution in [0.1, 0.15) is 18.7 Å². The van der Waals surface area contributed by atoms with Gasteiger partial charge in [-0.25, -0.2) is 14.8 Å². The number of carbonyl (C=O) groups excluding carboxylic acids is 1. The molecular weight excluding hydrogens is 342 g/mol. The molecule has 7 nitrogen and oxygen atoms in total. The number of amides is 2. The van der Waals surface area contributed by atoms with Gasteiger partial charge in [0, 0.05) is 38.0 Å². The summed E-state index contributed by atoms with van der Waals surface area (Å²) < 4.78 is 7.56. The molecule has 27 heavy (non-hydrogen) atoms. The van der Waals surface area contributed by atoms with Gasteiger partial charge in [-0.05, 0) is 37.1 Å². The van der Waals surface area contributed by atoms with E-state index < -0.39 is 0 Å². The Morgan fingerprint density at radius 1 is 1.19 bits per heavy atom. The van der Waals surface area contributed by atoms with E-state index in [0.717, 1.165) is 42.1 Å². The lowest BCUT2D eigenvalue weighted by Crippen LogP contribution is -2.40. The molecule has 0 spiro atoms. The fourth-order valence-corrected chi connectivity index (χ4v) is 3.34. The number of imidazole rings is 1. The average molecular weight is 365 g/mol. The Morgan fingerprint density at radius 3 is 2.89 bits per heavy atom. The lowest BCUT2D eigenvalue weighted by Gasteiger charge is -2.12. The summed E-state index contributed by atoms with van der Waals surface area (Å²) in [5.74, 6) is 0.870. The van der Waals surface area contributed by atoms with E-state index in [4.69, 9.17) is 9.72 Å². The Balaban J connectivity index is 1.42. The number of hydrogen-bond acceptors (Lipinski definition) is 4. The van der Waals surface area contributed by atoms with E-state index in [1.165, 1.54) is 0 Å². The monoisotopic (exact) mass is 365 g/mol. The number of nitrogens with zero attached hydrogens (tertiary/aromatic N) is 3. The summed E-state index contributed by atoms with van der Waals surface area (Å²) in [4.78, 5) is 21.2. The van der Waals surface area contributed by atoms with E-state index in [9.17, 15) is 4.79 Å². The molecule has 1 saturated heterocycles. The highest BCUT2D eigenvalue weighted by Gasteiger charge is 2.16. The molecule has 3 aromatic rings. The second kappa shape index (κ2) is 8.18. The number of para-hydroxylation sites is 1. The molecule has 1 aliphatic heterocycles. The number of rotatable bonds is 6. The summed E-state index contributed by atoms with van der Waals surface area (Å²) in [5, 5.41) is 5.77. The molecule has 1 unspecified atom stereocenters. The third kappa shape index (κ3) is 4.09. The maximum absolute atomic E-state index is 12.0. The molecular formula is C20H23N5O2. The zero-order valence-electron chi connectivity index (χ0n) is 15.1. The van der Waals surface area contributed by atoms with Crippen LogP contribution in [-0.2, 0) is 11.2 Å². The van der Waals surface area contributed by atoms with Gasteiger partial charge in [0.05, 0.1) is 6.10 Å². The zero-order valence-corrected chi connectivity index (χ0v) is 15.1. The van der Waals surface area contributed by atoms with Crippen LogP contribution in [0.4, 0.5) is 4.79 Å². The normalized spacial score (nSPS) is 16.5. The smallest absolute Gasteiger partial charge is 0.314 e. The minimum absolute atomic E-state index is 0.143. The maximum atomic E-state index is 12.0. The lowest BCUT2D eigenvalue weighted by molar-refractivity contribution is 0.111. The molecule has 1 aromatic carbocycles. The van der Waals surface area contributed by atoms with E-state index in [1.54, 1.807) is 6.20 Å². The second-order valence-corrected chi connectivity index (χ2v) is 6.57. The van der Waals surface area contributed by atoms with Crippen LogP contribution in [0.2, 0.25) is 0 Å². The molecule has 2 amide bonds. The maximum Gasteiger partial charge on any atom is 0.314 e. The van der Waals surface area contributed by atoms with Crippen molar-refractivity contribution in [2.24, 2.45) is 0 Å². The Bertz CT molecular complexity index is 903. The molecule has 0 bridgehead atoms. The summed E-state index contributed by atoms with van der Waals surface area (Å²) in [6, 6.07) is 13.7. The van der Waals surface area contributed by atoms with E-state index in [1.807, 2.05) is 47.0 Å². The van der Waals surface area contributed by atoms with Gasteiger partial charge in [-0.15, -0.1) is 0 Å². The van der Waals surface area contributed by atoms with Crippen LogP contribution in [0.15, 0.2) is 48.7 Å². The molecule has 1 aliphatic rings. The van der Waals surface area contributed by atoms with Gasteiger partial charge in [0.15, 0.2) is 5.65 Å². The van der Waals surface area contributed by atoms with Crippen molar-refractivity contribution in [3.8, 4) is 5.69 Å². The third-order valence-corrected chi connectivity index (χ3v) is 4.65. The number of fused-ring (bicyclic) bond motifs is 1. The first-order chi connectivity index (χ1) is 13.3. The number of aromatic nitrogens is 3. The Labute approximate surface area is 157 Å². The van der Waals surface area contributed by atoms with Crippen molar-refractivity contribution in [2.45, 2.75) is 25.4 Å². The molecule has 1 atom stereocenters. The third-order valence-electron chi connectivity index (χ3n) is 4.65. The van der Waals surface area contributed by atoms with Crippen molar-refractivity contribution in [3.05, 3.63) is 54.5 Å². The highest BCUT2D eigenvalue weighted by molar-refractivity contribution is 5.74. The molecule has 0 aliphatic carbocycles. The molecule has 7 heteroatoms. The van der Waals surface area contributed by atoms with Crippen LogP contribution < -0.4 is 10.6 Å². The van der Waals surface area contributed by atoms with E-state index in [-0.39, 0.29) is 12.1 Å². The fourth-order valence-electron chi connectivity index (χ4n) is 3.34. The number of benzene rings is 1. The van der Waals surface area contributed by atoms with E-state index >= 15 is 0 Å². The van der Waals surface area contributed by atoms with Gasteiger partial charge >= 0.3 is 6.03 Å². The summed E-state index contributed by atoms with van der Waals surface area (Å²) >= 11 is 0. The number of urea groups is 1. The fraction of sp³-hybridized carbons (Fsp3) is 0.350. The highest BCUT2D eigenvalue weighted by Crippen LogP contribution is 2.19. The zero-order chi connectivity index (χ0) is 18.5. The first kappa shape index (κ1) is 17.5. The topological polar surface area (TPSA) is 81.1 Å². The van der Waals surface area contributed by atoms with Crippen LogP contribution in [0.3, 0.4) is 0 Å². The van der Waals surface area contributed by atoms with Gasteiger partial charge in [-0.1, -0.05) is 18.2 Å². The highest BCUT2D eigenvalue weighted by atomic mass is 16.5. The molecule has 3 heterocycles. The largest absolute Gasteiger partial charge is 0.376 e. The van der Waals surface area contributed by atoms with Gasteiger partial charge in [0.1, 0.15) is 11.3 Å². The molecule has 1 fully saturated rings. The molecule has 140 valence electrons. The van der Waals surface area contributed by atoms with Gasteiger partial charge < -0.3 is 15.4 Å². The summed E-state index contributed by atoms with van der Waals surface area (Å²) in [6.45, 7) is 1.84. The molecule has 2 aromatic heterocycles. The van der Waals surface area contributed by atoms with Crippen molar-refractivity contribution in [1.82, 2.24) is 25.2 Å². The van der Waals surface area contributed by atoms with Crippen LogP contribution in [0, 0.1) is 0 Å². The quantitative estimate of drug-likeness (QED) is 0.703. The number of hydrogen-bond donors (Lipinski definition) is 2. The van der Waals surface area contributed by atoms with Crippen molar-refractivity contribution in [1.29, 1.82) is 0 Å². The van der Waals surface area contributed by atoms with Gasteiger partial charge in [-0.2, -0.15) is 0 Å². The minimum atomic E-state index is -0.175. The van der Waals surface area contributed by atoms with Gasteiger partial charge in [-0.3, -0.25) is 4.57 Å². The summed E-state index contributed by atoms with van der Waals surface area (Å²) in [6.07, 6.45) is 4.60. The second-order valence-electron chi connectivity index (χ2n) is 6.57. The van der Waals surface area contributed by atoms with Gasteiger partial charge in [0.25, 0.3) is 0 Å². The number of carbonyl (C=O) groups is 1. The standard InChI is InChI=1S/C20H23N5O2/c26-20(23-14-16-8-5-13-27-16)22-12-10-18-24-17-9-4-11-21-19(17)25(18)15-6-2-1-3-7-15/h1-4,6-7,9,11,16H,5,8,10,12-14H2,(H2,22,23,26). The Morgan fingerprint density at radius 2 is 2.07 bits per heavy atom. The number of pyridine rings is 1. The van der Waals surface area contributed by atoms with Crippen LogP contribution in [0.5, 0.6) is 0 Å². The number of ether oxygens (including phenoxy) is 1. The lowest BCUT2D eigenvalue weighted by atomic mass is 10.2. The van der Waals surface area contributed by atoms with Crippen molar-refractivity contribution in [2.75, 3.05) is 19.7 Å². The molecule has 4 rings (SSSR count). The Hall–Kier alpha value is -2.93. The summed E-state index contributed by atoms with van der Waals surface area (Å²) in [7, 11) is 0. The van der Waals surface area contributed by atoms with Crippen LogP contribution >= 0.6 is 0 Å². The van der Waals surface area contributed by atoms with E-state index in [0.29, 0.717) is 19.5 Å². The predicted molar refractivity (Wildman–Crippen MR) is 103 cm³/mol. The Kier molecular flexibility index (Phi) is 5.29. The van der Waals surface area contributed by atoms with Crippen molar-refractivity contribution < 1.29 is 9.53 Å². The summed E-state index contributed by atoms with van der Waals surface area (Å²) in [5.41, 5.74) is 2.68. The molecule has 2 N–H and O–H groups in total. The van der Waals surface area contributed by atoms with Crippen LogP contribution in [-0.4, -0.2) is 46.4 Å². The van der Waals surface area contributed by atoms with E-state index in [2.05, 4.69) is 15.6 Å². The van der Waals surface area contributed by atoms with Crippen molar-refractivity contribution in [3.63, 3.8) is 0 Å².